The van der Waals surface area contributed by atoms with E-state index in [2.05, 4.69) is 29.4 Å². The van der Waals surface area contributed by atoms with Crippen molar-refractivity contribution in [3.05, 3.63) is 11.8 Å². The fourth-order valence-electron chi connectivity index (χ4n) is 1.39. The molecule has 110 valence electrons. The molecule has 0 saturated carbocycles. The van der Waals surface area contributed by atoms with Crippen LogP contribution >= 0.6 is 0 Å². The lowest BCUT2D eigenvalue weighted by molar-refractivity contribution is 0.401. The van der Waals surface area contributed by atoms with Crippen LogP contribution in [0.3, 0.4) is 0 Å². The van der Waals surface area contributed by atoms with E-state index in [0.717, 1.165) is 13.0 Å². The minimum absolute atomic E-state index is 0.154. The predicted molar refractivity (Wildman–Crippen MR) is 73.6 cm³/mol. The van der Waals surface area contributed by atoms with Gasteiger partial charge < -0.3 is 9.73 Å². The molecule has 1 N–H and O–H groups in total. The summed E-state index contributed by atoms with van der Waals surface area (Å²) in [6, 6.07) is 0.447. The maximum Gasteiger partial charge on any atom is 0.237 e. The van der Waals surface area contributed by atoms with Crippen LogP contribution in [0.4, 0.5) is 0 Å². The second kappa shape index (κ2) is 6.00. The van der Waals surface area contributed by atoms with E-state index in [1.54, 1.807) is 13.8 Å². The maximum atomic E-state index is 11.7. The largest absolute Gasteiger partial charge is 0.424 e. The Morgan fingerprint density at radius 2 is 1.95 bits per heavy atom. The molecule has 0 aromatic carbocycles. The van der Waals surface area contributed by atoms with Gasteiger partial charge in [0.15, 0.2) is 9.84 Å². The van der Waals surface area contributed by atoms with Crippen LogP contribution in [-0.2, 0) is 21.0 Å². The van der Waals surface area contributed by atoms with Crippen LogP contribution in [0.2, 0.25) is 0 Å². The average molecular weight is 289 g/mol. The second-order valence-electron chi connectivity index (χ2n) is 5.50. The zero-order chi connectivity index (χ0) is 14.7. The first-order valence-corrected chi connectivity index (χ1v) is 8.29. The Kier molecular flexibility index (Phi) is 5.09. The predicted octanol–water partition coefficient (Wildman–Crippen LogP) is 1.28. The van der Waals surface area contributed by atoms with Gasteiger partial charge in [-0.2, -0.15) is 0 Å². The molecule has 0 saturated heterocycles. The van der Waals surface area contributed by atoms with Crippen LogP contribution < -0.4 is 5.32 Å². The molecule has 0 fully saturated rings. The molecule has 0 aliphatic heterocycles. The van der Waals surface area contributed by atoms with E-state index < -0.39 is 14.6 Å². The monoisotopic (exact) mass is 289 g/mol. The molecule has 0 bridgehead atoms. The first kappa shape index (κ1) is 16.1. The summed E-state index contributed by atoms with van der Waals surface area (Å²) in [7, 11) is -3.29. The Morgan fingerprint density at radius 1 is 1.32 bits per heavy atom. The molecule has 0 aliphatic carbocycles. The van der Waals surface area contributed by atoms with Crippen molar-refractivity contribution in [2.45, 2.75) is 51.3 Å². The fourth-order valence-corrected chi connectivity index (χ4v) is 1.79. The highest BCUT2D eigenvalue weighted by Gasteiger charge is 2.37. The fraction of sp³-hybridized carbons (Fsp3) is 0.833. The van der Waals surface area contributed by atoms with Crippen molar-refractivity contribution in [1.82, 2.24) is 15.5 Å². The van der Waals surface area contributed by atoms with E-state index in [1.807, 2.05) is 0 Å². The number of aromatic nitrogens is 2. The van der Waals surface area contributed by atoms with Gasteiger partial charge in [-0.25, -0.2) is 8.42 Å². The van der Waals surface area contributed by atoms with Crippen LogP contribution in [-0.4, -0.2) is 37.5 Å². The van der Waals surface area contributed by atoms with E-state index in [1.165, 1.54) is 6.26 Å². The molecule has 0 spiro atoms. The first-order chi connectivity index (χ1) is 8.64. The number of hydrogen-bond acceptors (Lipinski definition) is 6. The summed E-state index contributed by atoms with van der Waals surface area (Å²) in [5.41, 5.74) is 0. The van der Waals surface area contributed by atoms with E-state index in [-0.39, 0.29) is 5.89 Å². The van der Waals surface area contributed by atoms with Gasteiger partial charge in [0.2, 0.25) is 11.8 Å². The lowest BCUT2D eigenvalue weighted by Crippen LogP contribution is -2.28. The molecule has 0 amide bonds. The highest BCUT2D eigenvalue weighted by molar-refractivity contribution is 7.91. The normalized spacial score (nSPS) is 13.2. The van der Waals surface area contributed by atoms with Gasteiger partial charge in [0.1, 0.15) is 4.75 Å². The first-order valence-electron chi connectivity index (χ1n) is 6.40. The molecule has 0 atom stereocenters. The topological polar surface area (TPSA) is 85.1 Å². The SMILES string of the molecule is CC(C)NCCCc1nnc(C(C)(C)S(C)(=O)=O)o1. The summed E-state index contributed by atoms with van der Waals surface area (Å²) in [5.74, 6) is 0.638. The van der Waals surface area contributed by atoms with Gasteiger partial charge in [-0.3, -0.25) is 0 Å². The van der Waals surface area contributed by atoms with Crippen LogP contribution in [0.5, 0.6) is 0 Å². The molecule has 7 heteroatoms. The second-order valence-corrected chi connectivity index (χ2v) is 8.06. The van der Waals surface area contributed by atoms with Crippen LogP contribution in [0, 0.1) is 0 Å². The Labute approximate surface area is 114 Å². The Bertz CT molecular complexity index is 506. The van der Waals surface area contributed by atoms with Gasteiger partial charge >= 0.3 is 0 Å². The van der Waals surface area contributed by atoms with E-state index in [0.29, 0.717) is 18.4 Å². The number of aryl methyl sites for hydroxylation is 1. The van der Waals surface area contributed by atoms with Crippen LogP contribution in [0.1, 0.15) is 45.9 Å². The van der Waals surface area contributed by atoms with Crippen LogP contribution in [0.25, 0.3) is 0 Å². The van der Waals surface area contributed by atoms with Crippen LogP contribution in [0.15, 0.2) is 4.42 Å². The van der Waals surface area contributed by atoms with Crippen molar-refractivity contribution in [1.29, 1.82) is 0 Å². The lowest BCUT2D eigenvalue weighted by Gasteiger charge is -2.16. The van der Waals surface area contributed by atoms with Crippen molar-refractivity contribution < 1.29 is 12.8 Å². The highest BCUT2D eigenvalue weighted by Crippen LogP contribution is 2.27. The van der Waals surface area contributed by atoms with Crippen molar-refractivity contribution in [3.8, 4) is 0 Å². The Balaban J connectivity index is 2.63. The Morgan fingerprint density at radius 3 is 2.47 bits per heavy atom. The molecule has 1 rings (SSSR count). The number of hydrogen-bond donors (Lipinski definition) is 1. The highest BCUT2D eigenvalue weighted by atomic mass is 32.2. The quantitative estimate of drug-likeness (QED) is 0.761. The number of nitrogens with zero attached hydrogens (tertiary/aromatic N) is 2. The standard InChI is InChI=1S/C12H23N3O3S/c1-9(2)13-8-6-7-10-14-15-11(18-10)12(3,4)19(5,16)17/h9,13H,6-8H2,1-5H3. The zero-order valence-electron chi connectivity index (χ0n) is 12.2. The van der Waals surface area contributed by atoms with Gasteiger partial charge in [0.25, 0.3) is 0 Å². The van der Waals surface area contributed by atoms with E-state index in [4.69, 9.17) is 4.42 Å². The van der Waals surface area contributed by atoms with Crippen molar-refractivity contribution >= 4 is 9.84 Å². The van der Waals surface area contributed by atoms with Crippen molar-refractivity contribution in [2.75, 3.05) is 12.8 Å². The van der Waals surface area contributed by atoms with Gasteiger partial charge in [-0.15, -0.1) is 10.2 Å². The molecule has 1 aromatic heterocycles. The molecule has 19 heavy (non-hydrogen) atoms. The van der Waals surface area contributed by atoms with Gasteiger partial charge in [0.05, 0.1) is 0 Å². The van der Waals surface area contributed by atoms with Crippen molar-refractivity contribution in [3.63, 3.8) is 0 Å². The third-order valence-electron chi connectivity index (χ3n) is 3.03. The van der Waals surface area contributed by atoms with Crippen molar-refractivity contribution in [2.24, 2.45) is 0 Å². The smallest absolute Gasteiger partial charge is 0.237 e. The van der Waals surface area contributed by atoms with Gasteiger partial charge in [-0.1, -0.05) is 13.8 Å². The summed E-state index contributed by atoms with van der Waals surface area (Å²) < 4.78 is 27.6. The summed E-state index contributed by atoms with van der Waals surface area (Å²) in [5, 5.41) is 11.0. The third-order valence-corrected chi connectivity index (χ3v) is 5.06. The molecule has 0 radical (unpaired) electrons. The van der Waals surface area contributed by atoms with E-state index >= 15 is 0 Å². The van der Waals surface area contributed by atoms with E-state index in [9.17, 15) is 8.42 Å². The molecule has 6 nitrogen and oxygen atoms in total. The lowest BCUT2D eigenvalue weighted by atomic mass is 10.2. The summed E-state index contributed by atoms with van der Waals surface area (Å²) in [6.45, 7) is 8.17. The minimum Gasteiger partial charge on any atom is -0.424 e. The zero-order valence-corrected chi connectivity index (χ0v) is 13.0. The summed E-state index contributed by atoms with van der Waals surface area (Å²) >= 11 is 0. The van der Waals surface area contributed by atoms with Gasteiger partial charge in [-0.05, 0) is 26.8 Å². The number of sulfone groups is 1. The molecule has 0 unspecified atom stereocenters. The molecular weight excluding hydrogens is 266 g/mol. The number of rotatable bonds is 7. The third kappa shape index (κ3) is 4.28. The number of nitrogens with one attached hydrogen (secondary N) is 1. The summed E-state index contributed by atoms with van der Waals surface area (Å²) in [4.78, 5) is 0. The Hall–Kier alpha value is -0.950. The molecule has 1 heterocycles. The average Bonchev–Trinajstić information content (AvgIpc) is 2.71. The molecular formula is C12H23N3O3S. The molecule has 1 aromatic rings. The molecule has 0 aliphatic rings. The maximum absolute atomic E-state index is 11.7. The van der Waals surface area contributed by atoms with Gasteiger partial charge in [0, 0.05) is 18.7 Å². The minimum atomic E-state index is -3.29. The summed E-state index contributed by atoms with van der Waals surface area (Å²) in [6.07, 6.45) is 2.69.